The highest BCUT2D eigenvalue weighted by atomic mass is 79.9. The molecule has 3 rings (SSSR count). The van der Waals surface area contributed by atoms with Gasteiger partial charge >= 0.3 is 0 Å². The molecule has 3 aromatic carbocycles. The molecular weight excluding hydrogens is 468 g/mol. The van der Waals surface area contributed by atoms with Crippen molar-refractivity contribution in [3.63, 3.8) is 0 Å². The van der Waals surface area contributed by atoms with Crippen molar-refractivity contribution in [2.75, 3.05) is 16.6 Å². The first-order valence-corrected chi connectivity index (χ1v) is 11.4. The van der Waals surface area contributed by atoms with Crippen molar-refractivity contribution in [1.29, 1.82) is 0 Å². The summed E-state index contributed by atoms with van der Waals surface area (Å²) in [6.45, 7) is 3.73. The Hall–Kier alpha value is -2.84. The molecule has 8 heteroatoms. The maximum atomic E-state index is 12.5. The van der Waals surface area contributed by atoms with E-state index in [1.54, 1.807) is 24.3 Å². The first-order valence-electron chi connectivity index (χ1n) is 9.11. The van der Waals surface area contributed by atoms with E-state index in [0.29, 0.717) is 17.1 Å². The van der Waals surface area contributed by atoms with Crippen LogP contribution in [0.2, 0.25) is 0 Å². The quantitative estimate of drug-likeness (QED) is 0.495. The summed E-state index contributed by atoms with van der Waals surface area (Å²) in [4.78, 5) is 12.2. The molecule has 0 heterocycles. The van der Waals surface area contributed by atoms with Gasteiger partial charge in [0.1, 0.15) is 5.75 Å². The van der Waals surface area contributed by atoms with E-state index in [2.05, 4.69) is 26.0 Å². The minimum atomic E-state index is -3.72. The van der Waals surface area contributed by atoms with E-state index in [1.165, 1.54) is 24.3 Å². The number of anilines is 2. The lowest BCUT2D eigenvalue weighted by atomic mass is 10.1. The van der Waals surface area contributed by atoms with Crippen LogP contribution in [0.5, 0.6) is 5.75 Å². The molecule has 0 radical (unpaired) electrons. The average molecular weight is 489 g/mol. The fourth-order valence-corrected chi connectivity index (χ4v) is 4.16. The summed E-state index contributed by atoms with van der Waals surface area (Å²) >= 11 is 3.31. The highest BCUT2D eigenvalue weighted by Gasteiger charge is 2.14. The van der Waals surface area contributed by atoms with Crippen LogP contribution >= 0.6 is 15.9 Å². The van der Waals surface area contributed by atoms with Crippen molar-refractivity contribution in [3.05, 3.63) is 82.3 Å². The van der Waals surface area contributed by atoms with Gasteiger partial charge in [0.15, 0.2) is 6.61 Å². The molecule has 30 heavy (non-hydrogen) atoms. The maximum absolute atomic E-state index is 12.5. The third-order valence-corrected chi connectivity index (χ3v) is 6.03. The molecule has 0 spiro atoms. The summed E-state index contributed by atoms with van der Waals surface area (Å²) in [6.07, 6.45) is 0. The molecule has 3 aromatic rings. The maximum Gasteiger partial charge on any atom is 0.262 e. The second-order valence-electron chi connectivity index (χ2n) is 6.80. The Morgan fingerprint density at radius 2 is 1.50 bits per heavy atom. The van der Waals surface area contributed by atoms with Gasteiger partial charge in [-0.15, -0.1) is 0 Å². The normalized spacial score (nSPS) is 11.0. The number of hydrogen-bond acceptors (Lipinski definition) is 4. The first-order chi connectivity index (χ1) is 14.2. The molecule has 0 saturated carbocycles. The molecule has 156 valence electrons. The van der Waals surface area contributed by atoms with Crippen LogP contribution in [0, 0.1) is 13.8 Å². The van der Waals surface area contributed by atoms with E-state index in [4.69, 9.17) is 4.74 Å². The minimum Gasteiger partial charge on any atom is -0.484 e. The van der Waals surface area contributed by atoms with Gasteiger partial charge in [-0.1, -0.05) is 22.0 Å². The third-order valence-electron chi connectivity index (χ3n) is 4.11. The zero-order valence-electron chi connectivity index (χ0n) is 16.5. The van der Waals surface area contributed by atoms with Crippen LogP contribution < -0.4 is 14.8 Å². The topological polar surface area (TPSA) is 84.5 Å². The largest absolute Gasteiger partial charge is 0.484 e. The van der Waals surface area contributed by atoms with Gasteiger partial charge < -0.3 is 10.1 Å². The van der Waals surface area contributed by atoms with Gasteiger partial charge in [-0.3, -0.25) is 9.52 Å². The molecule has 0 aliphatic heterocycles. The lowest BCUT2D eigenvalue weighted by Gasteiger charge is -2.11. The summed E-state index contributed by atoms with van der Waals surface area (Å²) in [5.41, 5.74) is 3.28. The number of aryl methyl sites for hydroxylation is 2. The predicted octanol–water partition coefficient (Wildman–Crippen LogP) is 4.88. The van der Waals surface area contributed by atoms with E-state index >= 15 is 0 Å². The molecule has 6 nitrogen and oxygen atoms in total. The van der Waals surface area contributed by atoms with Crippen LogP contribution in [0.25, 0.3) is 0 Å². The number of carbonyl (C=O) groups excluding carboxylic acids is 1. The van der Waals surface area contributed by atoms with Crippen molar-refractivity contribution in [1.82, 2.24) is 0 Å². The molecule has 0 unspecified atom stereocenters. The first kappa shape index (κ1) is 21.9. The Balaban J connectivity index is 1.58. The van der Waals surface area contributed by atoms with Crippen molar-refractivity contribution in [2.24, 2.45) is 0 Å². The van der Waals surface area contributed by atoms with E-state index in [1.807, 2.05) is 32.0 Å². The second kappa shape index (κ2) is 9.32. The van der Waals surface area contributed by atoms with Gasteiger partial charge in [0.2, 0.25) is 0 Å². The van der Waals surface area contributed by atoms with Gasteiger partial charge in [-0.25, -0.2) is 8.42 Å². The molecule has 0 saturated heterocycles. The van der Waals surface area contributed by atoms with E-state index in [0.717, 1.165) is 15.6 Å². The Labute approximate surface area is 184 Å². The van der Waals surface area contributed by atoms with E-state index < -0.39 is 10.0 Å². The van der Waals surface area contributed by atoms with Gasteiger partial charge in [0.25, 0.3) is 15.9 Å². The number of rotatable bonds is 7. The number of carbonyl (C=O) groups is 1. The van der Waals surface area contributed by atoms with Crippen LogP contribution in [0.4, 0.5) is 11.4 Å². The van der Waals surface area contributed by atoms with Crippen molar-refractivity contribution >= 4 is 43.2 Å². The van der Waals surface area contributed by atoms with E-state index in [-0.39, 0.29) is 17.4 Å². The molecule has 0 bridgehead atoms. The lowest BCUT2D eigenvalue weighted by Crippen LogP contribution is -2.20. The fraction of sp³-hybridized carbons (Fsp3) is 0.136. The molecule has 0 aliphatic carbocycles. The van der Waals surface area contributed by atoms with Gasteiger partial charge in [0.05, 0.1) is 4.90 Å². The van der Waals surface area contributed by atoms with Crippen molar-refractivity contribution in [3.8, 4) is 5.75 Å². The molecule has 0 aliphatic rings. The highest BCUT2D eigenvalue weighted by Crippen LogP contribution is 2.21. The lowest BCUT2D eigenvalue weighted by molar-refractivity contribution is -0.118. The van der Waals surface area contributed by atoms with Crippen molar-refractivity contribution < 1.29 is 17.9 Å². The average Bonchev–Trinajstić information content (AvgIpc) is 2.67. The summed E-state index contributed by atoms with van der Waals surface area (Å²) in [5, 5.41) is 2.79. The number of ether oxygens (including phenoxy) is 1. The highest BCUT2D eigenvalue weighted by molar-refractivity contribution is 9.10. The third kappa shape index (κ3) is 6.08. The zero-order chi connectivity index (χ0) is 21.7. The van der Waals surface area contributed by atoms with Crippen LogP contribution in [0.1, 0.15) is 11.1 Å². The number of halogens is 1. The van der Waals surface area contributed by atoms with Gasteiger partial charge in [0, 0.05) is 15.8 Å². The summed E-state index contributed by atoms with van der Waals surface area (Å²) in [5.74, 6) is 0.0989. The Kier molecular flexibility index (Phi) is 6.79. The van der Waals surface area contributed by atoms with Crippen LogP contribution in [-0.4, -0.2) is 20.9 Å². The standard InChI is InChI=1S/C22H21BrN2O4S/c1-15-11-16(2)13-19(12-15)24-22(26)14-29-20-7-9-21(10-8-20)30(27,28)25-18-5-3-17(23)4-6-18/h3-13,25H,14H2,1-2H3,(H,24,26). The zero-order valence-corrected chi connectivity index (χ0v) is 18.9. The summed E-state index contributed by atoms with van der Waals surface area (Å²) in [7, 11) is -3.72. The SMILES string of the molecule is Cc1cc(C)cc(NC(=O)COc2ccc(S(=O)(=O)Nc3ccc(Br)cc3)cc2)c1. The van der Waals surface area contributed by atoms with E-state index in [9.17, 15) is 13.2 Å². The smallest absolute Gasteiger partial charge is 0.262 e. The minimum absolute atomic E-state index is 0.0949. The summed E-state index contributed by atoms with van der Waals surface area (Å²) in [6, 6.07) is 18.5. The van der Waals surface area contributed by atoms with Crippen LogP contribution in [0.3, 0.4) is 0 Å². The Morgan fingerprint density at radius 3 is 2.10 bits per heavy atom. The van der Waals surface area contributed by atoms with Crippen molar-refractivity contribution in [2.45, 2.75) is 18.7 Å². The van der Waals surface area contributed by atoms with Gasteiger partial charge in [-0.2, -0.15) is 0 Å². The van der Waals surface area contributed by atoms with Gasteiger partial charge in [-0.05, 0) is 85.6 Å². The number of sulfonamides is 1. The molecule has 0 atom stereocenters. The second-order valence-corrected chi connectivity index (χ2v) is 9.40. The number of hydrogen-bond donors (Lipinski definition) is 2. The number of amides is 1. The molecule has 0 fully saturated rings. The van der Waals surface area contributed by atoms with Crippen LogP contribution in [0.15, 0.2) is 76.1 Å². The Morgan fingerprint density at radius 1 is 0.900 bits per heavy atom. The number of nitrogens with one attached hydrogen (secondary N) is 2. The monoisotopic (exact) mass is 488 g/mol. The molecule has 1 amide bonds. The van der Waals surface area contributed by atoms with Crippen LogP contribution in [-0.2, 0) is 14.8 Å². The number of benzene rings is 3. The fourth-order valence-electron chi connectivity index (χ4n) is 2.84. The predicted molar refractivity (Wildman–Crippen MR) is 121 cm³/mol. The molecule has 0 aromatic heterocycles. The molecular formula is C22H21BrN2O4S. The summed E-state index contributed by atoms with van der Waals surface area (Å²) < 4.78 is 33.8. The molecule has 2 N–H and O–H groups in total. The Bertz CT molecular complexity index is 1120.